The fraction of sp³-hybridized carbons (Fsp3) is 0.389. The van der Waals surface area contributed by atoms with Gasteiger partial charge in [0.1, 0.15) is 15.6 Å². The van der Waals surface area contributed by atoms with Gasteiger partial charge in [0.25, 0.3) is 10.0 Å². The fourth-order valence-electron chi connectivity index (χ4n) is 3.63. The predicted molar refractivity (Wildman–Crippen MR) is 106 cm³/mol. The number of guanidine groups is 1. The number of furan rings is 1. The van der Waals surface area contributed by atoms with Crippen LogP contribution in [0.4, 0.5) is 11.6 Å². The highest BCUT2D eigenvalue weighted by molar-refractivity contribution is 7.90. The van der Waals surface area contributed by atoms with Crippen molar-refractivity contribution in [2.24, 2.45) is 4.40 Å². The molecule has 1 saturated heterocycles. The van der Waals surface area contributed by atoms with Gasteiger partial charge in [-0.3, -0.25) is 15.0 Å². The molecule has 10 nitrogen and oxygen atoms in total. The maximum Gasteiger partial charge on any atom is 0.433 e. The van der Waals surface area contributed by atoms with Crippen LogP contribution in [0.2, 0.25) is 0 Å². The predicted octanol–water partition coefficient (Wildman–Crippen LogP) is 1.89. The molecule has 154 valence electrons. The number of nitro groups is 1. The van der Waals surface area contributed by atoms with E-state index in [9.17, 15) is 18.5 Å². The van der Waals surface area contributed by atoms with Crippen LogP contribution in [0.1, 0.15) is 12.7 Å². The molecule has 2 aliphatic rings. The minimum absolute atomic E-state index is 0.226. The number of nitrogens with zero attached hydrogens (tertiary/aromatic N) is 5. The lowest BCUT2D eigenvalue weighted by atomic mass is 10.2. The maximum atomic E-state index is 12.6. The molecule has 0 unspecified atom stereocenters. The first-order valence-electron chi connectivity index (χ1n) is 9.31. The van der Waals surface area contributed by atoms with Gasteiger partial charge < -0.3 is 14.2 Å². The molecule has 29 heavy (non-hydrogen) atoms. The third-order valence-electron chi connectivity index (χ3n) is 5.06. The molecule has 0 aliphatic carbocycles. The summed E-state index contributed by atoms with van der Waals surface area (Å²) >= 11 is 0. The number of sulfonamides is 1. The molecule has 2 aromatic rings. The minimum atomic E-state index is -3.74. The first-order valence-corrected chi connectivity index (χ1v) is 10.7. The van der Waals surface area contributed by atoms with Gasteiger partial charge in [-0.15, -0.1) is 4.40 Å². The van der Waals surface area contributed by atoms with Gasteiger partial charge in [-0.25, -0.2) is 0 Å². The highest BCUT2D eigenvalue weighted by Crippen LogP contribution is 2.32. The summed E-state index contributed by atoms with van der Waals surface area (Å²) in [6, 6.07) is 9.85. The number of para-hydroxylation sites is 1. The lowest BCUT2D eigenvalue weighted by Gasteiger charge is -2.41. The molecule has 0 spiro atoms. The maximum absolute atomic E-state index is 12.6. The standard InChI is InChI=1S/C18H21N5O5S/c1-2-22-15-5-3-4-6-16(15)29(26,27)19-18(22)21-11-9-20(10-12-21)13-14-7-8-17(28-14)23(24)25/h3-8H,2,9-13H2,1H3. The summed E-state index contributed by atoms with van der Waals surface area (Å²) in [4.78, 5) is 16.4. The average Bonchev–Trinajstić information content (AvgIpc) is 3.17. The third-order valence-corrected chi connectivity index (χ3v) is 6.36. The number of piperazine rings is 1. The van der Waals surface area contributed by atoms with Crippen molar-refractivity contribution < 1.29 is 17.8 Å². The van der Waals surface area contributed by atoms with E-state index < -0.39 is 14.9 Å². The highest BCUT2D eigenvalue weighted by atomic mass is 32.2. The van der Waals surface area contributed by atoms with Crippen LogP contribution >= 0.6 is 0 Å². The zero-order valence-electron chi connectivity index (χ0n) is 15.9. The van der Waals surface area contributed by atoms with Crippen molar-refractivity contribution in [1.29, 1.82) is 0 Å². The van der Waals surface area contributed by atoms with Gasteiger partial charge in [-0.05, 0) is 25.1 Å². The van der Waals surface area contributed by atoms with E-state index in [-0.39, 0.29) is 10.8 Å². The van der Waals surface area contributed by atoms with Crippen LogP contribution in [-0.2, 0) is 16.6 Å². The lowest BCUT2D eigenvalue weighted by Crippen LogP contribution is -2.54. The van der Waals surface area contributed by atoms with Crippen LogP contribution in [0, 0.1) is 10.1 Å². The van der Waals surface area contributed by atoms with E-state index in [0.29, 0.717) is 56.7 Å². The Morgan fingerprint density at radius 1 is 1.14 bits per heavy atom. The molecule has 0 bridgehead atoms. The van der Waals surface area contributed by atoms with Crippen molar-refractivity contribution in [1.82, 2.24) is 9.80 Å². The van der Waals surface area contributed by atoms with E-state index >= 15 is 0 Å². The zero-order valence-corrected chi connectivity index (χ0v) is 16.7. The Labute approximate surface area is 168 Å². The Balaban J connectivity index is 1.48. The smallest absolute Gasteiger partial charge is 0.404 e. The first-order chi connectivity index (χ1) is 13.9. The molecule has 0 saturated carbocycles. The Kier molecular flexibility index (Phi) is 5.01. The summed E-state index contributed by atoms with van der Waals surface area (Å²) in [5, 5.41) is 10.7. The largest absolute Gasteiger partial charge is 0.433 e. The Morgan fingerprint density at radius 3 is 2.52 bits per heavy atom. The van der Waals surface area contributed by atoms with Crippen LogP contribution < -0.4 is 4.90 Å². The van der Waals surface area contributed by atoms with Crippen molar-refractivity contribution in [3.63, 3.8) is 0 Å². The van der Waals surface area contributed by atoms with Crippen LogP contribution in [0.25, 0.3) is 0 Å². The fourth-order valence-corrected chi connectivity index (χ4v) is 4.85. The Hall–Kier alpha value is -2.92. The van der Waals surface area contributed by atoms with Gasteiger partial charge in [-0.2, -0.15) is 8.42 Å². The van der Waals surface area contributed by atoms with Gasteiger partial charge in [0.2, 0.25) is 5.96 Å². The first kappa shape index (κ1) is 19.4. The molecule has 1 aromatic heterocycles. The number of benzene rings is 1. The number of anilines is 1. The second-order valence-electron chi connectivity index (χ2n) is 6.84. The van der Waals surface area contributed by atoms with Crippen molar-refractivity contribution in [3.05, 3.63) is 52.3 Å². The molecule has 0 atom stereocenters. The SMILES string of the molecule is CCN1C(N2CCN(Cc3ccc([N+](=O)[O-])o3)CC2)=NS(=O)(=O)c2ccccc21. The van der Waals surface area contributed by atoms with E-state index in [4.69, 9.17) is 4.42 Å². The topological polar surface area (TPSA) is 112 Å². The van der Waals surface area contributed by atoms with Crippen LogP contribution in [0.3, 0.4) is 0 Å². The summed E-state index contributed by atoms with van der Waals surface area (Å²) in [6.45, 7) is 5.53. The Morgan fingerprint density at radius 2 is 1.86 bits per heavy atom. The van der Waals surface area contributed by atoms with E-state index in [1.165, 1.54) is 6.07 Å². The second kappa shape index (κ2) is 7.48. The summed E-state index contributed by atoms with van der Waals surface area (Å²) in [6.07, 6.45) is 0. The molecule has 2 aliphatic heterocycles. The number of hydrogen-bond donors (Lipinski definition) is 0. The van der Waals surface area contributed by atoms with Crippen LogP contribution in [0.5, 0.6) is 0 Å². The minimum Gasteiger partial charge on any atom is -0.404 e. The summed E-state index contributed by atoms with van der Waals surface area (Å²) in [7, 11) is -3.74. The highest BCUT2D eigenvalue weighted by Gasteiger charge is 2.33. The molecular weight excluding hydrogens is 398 g/mol. The van der Waals surface area contributed by atoms with Gasteiger partial charge in [-0.1, -0.05) is 12.1 Å². The number of hydrogen-bond acceptors (Lipinski definition) is 8. The van der Waals surface area contributed by atoms with Gasteiger partial charge >= 0.3 is 5.88 Å². The monoisotopic (exact) mass is 419 g/mol. The van der Waals surface area contributed by atoms with Crippen molar-refractivity contribution in [3.8, 4) is 0 Å². The lowest BCUT2D eigenvalue weighted by molar-refractivity contribution is -0.402. The van der Waals surface area contributed by atoms with E-state index in [1.54, 1.807) is 24.3 Å². The van der Waals surface area contributed by atoms with Crippen molar-refractivity contribution >= 4 is 27.6 Å². The summed E-state index contributed by atoms with van der Waals surface area (Å²) < 4.78 is 34.6. The molecule has 1 aromatic carbocycles. The number of rotatable bonds is 4. The molecule has 0 N–H and O–H groups in total. The molecule has 0 radical (unpaired) electrons. The van der Waals surface area contributed by atoms with Gasteiger partial charge in [0, 0.05) is 32.7 Å². The third kappa shape index (κ3) is 3.70. The van der Waals surface area contributed by atoms with Gasteiger partial charge in [0.05, 0.1) is 18.3 Å². The normalized spacial score (nSPS) is 19.0. The van der Waals surface area contributed by atoms with E-state index in [0.717, 1.165) is 0 Å². The second-order valence-corrected chi connectivity index (χ2v) is 8.41. The van der Waals surface area contributed by atoms with Crippen LogP contribution in [-0.4, -0.2) is 61.8 Å². The summed E-state index contributed by atoms with van der Waals surface area (Å²) in [5.41, 5.74) is 0.644. The quantitative estimate of drug-likeness (QED) is 0.545. The number of fused-ring (bicyclic) bond motifs is 1. The average molecular weight is 419 g/mol. The molecule has 1 fully saturated rings. The molecule has 0 amide bonds. The van der Waals surface area contributed by atoms with Crippen molar-refractivity contribution in [2.45, 2.75) is 18.4 Å². The summed E-state index contributed by atoms with van der Waals surface area (Å²) in [5.74, 6) is 0.712. The Bertz CT molecular complexity index is 1060. The molecule has 11 heteroatoms. The van der Waals surface area contributed by atoms with Crippen molar-refractivity contribution in [2.75, 3.05) is 37.6 Å². The molecule has 3 heterocycles. The molecule has 4 rings (SSSR count). The van der Waals surface area contributed by atoms with E-state index in [2.05, 4.69) is 9.30 Å². The van der Waals surface area contributed by atoms with Gasteiger partial charge in [0.15, 0.2) is 0 Å². The van der Waals surface area contributed by atoms with Crippen LogP contribution in [0.15, 0.2) is 50.1 Å². The molecular formula is C18H21N5O5S. The zero-order chi connectivity index (χ0) is 20.6. The van der Waals surface area contributed by atoms with E-state index in [1.807, 2.05) is 22.8 Å².